The van der Waals surface area contributed by atoms with Crippen molar-refractivity contribution in [3.8, 4) is 0 Å². The van der Waals surface area contributed by atoms with Crippen LogP contribution < -0.4 is 5.32 Å². The lowest BCUT2D eigenvalue weighted by Crippen LogP contribution is -2.38. The number of carbonyl (C=O) groups is 1. The Morgan fingerprint density at radius 3 is 2.48 bits per heavy atom. The molecule has 2 heterocycles. The third-order valence-electron chi connectivity index (χ3n) is 4.26. The van der Waals surface area contributed by atoms with Crippen molar-refractivity contribution in [1.82, 2.24) is 14.9 Å². The molecule has 23 heavy (non-hydrogen) atoms. The Kier molecular flexibility index (Phi) is 4.86. The molecule has 0 bridgehead atoms. The quantitative estimate of drug-likeness (QED) is 0.943. The normalized spacial score (nSPS) is 15.4. The predicted octanol–water partition coefficient (Wildman–Crippen LogP) is 2.96. The fraction of sp³-hybridized carbons (Fsp3) is 0.389. The van der Waals surface area contributed by atoms with E-state index in [1.165, 1.54) is 5.56 Å². The molecule has 1 aromatic carbocycles. The zero-order valence-electron chi connectivity index (χ0n) is 13.4. The number of aromatic nitrogens is 2. The van der Waals surface area contributed by atoms with Gasteiger partial charge in [0.2, 0.25) is 5.95 Å². The van der Waals surface area contributed by atoms with E-state index in [4.69, 9.17) is 0 Å². The lowest BCUT2D eigenvalue weighted by atomic mass is 9.99. The first-order valence-corrected chi connectivity index (χ1v) is 8.11. The van der Waals surface area contributed by atoms with E-state index in [1.807, 2.05) is 35.2 Å². The van der Waals surface area contributed by atoms with E-state index in [0.29, 0.717) is 24.0 Å². The lowest BCUT2D eigenvalue weighted by Gasteiger charge is -2.30. The zero-order chi connectivity index (χ0) is 16.1. The molecule has 1 saturated heterocycles. The van der Waals surface area contributed by atoms with Gasteiger partial charge in [-0.15, -0.1) is 0 Å². The van der Waals surface area contributed by atoms with Crippen molar-refractivity contribution in [3.05, 3.63) is 53.9 Å². The van der Waals surface area contributed by atoms with Crippen molar-refractivity contribution in [2.75, 3.05) is 18.4 Å². The maximum Gasteiger partial charge on any atom is 0.256 e. The Balaban J connectivity index is 1.57. The first-order chi connectivity index (χ1) is 11.2. The SMILES string of the molecule is CC1CCN(C(=O)c2cnc(NCc3ccccc3)nc2)CC1. The second-order valence-electron chi connectivity index (χ2n) is 6.11. The van der Waals surface area contributed by atoms with Gasteiger partial charge in [-0.05, 0) is 24.3 Å². The topological polar surface area (TPSA) is 58.1 Å². The number of anilines is 1. The van der Waals surface area contributed by atoms with Crippen LogP contribution in [0.2, 0.25) is 0 Å². The number of benzene rings is 1. The molecule has 1 aliphatic rings. The molecule has 0 aliphatic carbocycles. The van der Waals surface area contributed by atoms with Crippen LogP contribution in [0.15, 0.2) is 42.7 Å². The van der Waals surface area contributed by atoms with Gasteiger partial charge >= 0.3 is 0 Å². The molecule has 0 unspecified atom stereocenters. The highest BCUT2D eigenvalue weighted by Crippen LogP contribution is 2.18. The van der Waals surface area contributed by atoms with Crippen LogP contribution in [0.4, 0.5) is 5.95 Å². The van der Waals surface area contributed by atoms with Crippen molar-refractivity contribution in [2.45, 2.75) is 26.3 Å². The average molecular weight is 310 g/mol. The molecular weight excluding hydrogens is 288 g/mol. The molecule has 0 spiro atoms. The molecule has 1 amide bonds. The Morgan fingerprint density at radius 2 is 1.83 bits per heavy atom. The van der Waals surface area contributed by atoms with Crippen molar-refractivity contribution in [3.63, 3.8) is 0 Å². The minimum absolute atomic E-state index is 0.0338. The molecule has 2 aromatic rings. The number of amides is 1. The minimum atomic E-state index is 0.0338. The van der Waals surface area contributed by atoms with Gasteiger partial charge in [-0.3, -0.25) is 4.79 Å². The van der Waals surface area contributed by atoms with Crippen LogP contribution in [0.5, 0.6) is 0 Å². The van der Waals surface area contributed by atoms with Gasteiger partial charge in [0.25, 0.3) is 5.91 Å². The van der Waals surface area contributed by atoms with Gasteiger partial charge in [-0.2, -0.15) is 0 Å². The monoisotopic (exact) mass is 310 g/mol. The summed E-state index contributed by atoms with van der Waals surface area (Å²) in [6.07, 6.45) is 5.37. The summed E-state index contributed by atoms with van der Waals surface area (Å²) in [5.74, 6) is 1.28. The summed E-state index contributed by atoms with van der Waals surface area (Å²) < 4.78 is 0. The Bertz CT molecular complexity index is 634. The highest BCUT2D eigenvalue weighted by Gasteiger charge is 2.21. The van der Waals surface area contributed by atoms with Crippen LogP contribution in [0.25, 0.3) is 0 Å². The fourth-order valence-electron chi connectivity index (χ4n) is 2.70. The van der Waals surface area contributed by atoms with Gasteiger partial charge in [0, 0.05) is 32.0 Å². The smallest absolute Gasteiger partial charge is 0.256 e. The van der Waals surface area contributed by atoms with Crippen LogP contribution in [-0.4, -0.2) is 33.9 Å². The number of hydrogen-bond donors (Lipinski definition) is 1. The predicted molar refractivity (Wildman–Crippen MR) is 90.1 cm³/mol. The molecule has 0 atom stereocenters. The summed E-state index contributed by atoms with van der Waals surface area (Å²) in [6.45, 7) is 4.55. The number of likely N-dealkylation sites (tertiary alicyclic amines) is 1. The van der Waals surface area contributed by atoms with E-state index >= 15 is 0 Å². The second kappa shape index (κ2) is 7.22. The molecule has 0 radical (unpaired) electrons. The van der Waals surface area contributed by atoms with Gasteiger partial charge in [0.15, 0.2) is 0 Å². The fourth-order valence-corrected chi connectivity index (χ4v) is 2.70. The minimum Gasteiger partial charge on any atom is -0.350 e. The standard InChI is InChI=1S/C18H22N4O/c1-14-7-9-22(10-8-14)17(23)16-12-20-18(21-13-16)19-11-15-5-3-2-4-6-15/h2-6,12-14H,7-11H2,1H3,(H,19,20,21). The largest absolute Gasteiger partial charge is 0.350 e. The van der Waals surface area contributed by atoms with E-state index in [9.17, 15) is 4.79 Å². The summed E-state index contributed by atoms with van der Waals surface area (Å²) in [5, 5.41) is 3.17. The maximum atomic E-state index is 12.4. The summed E-state index contributed by atoms with van der Waals surface area (Å²) in [6, 6.07) is 10.1. The number of nitrogens with one attached hydrogen (secondary N) is 1. The Labute approximate surface area is 136 Å². The molecule has 1 aliphatic heterocycles. The maximum absolute atomic E-state index is 12.4. The third-order valence-corrected chi connectivity index (χ3v) is 4.26. The van der Waals surface area contributed by atoms with Gasteiger partial charge in [0.05, 0.1) is 5.56 Å². The second-order valence-corrected chi connectivity index (χ2v) is 6.11. The highest BCUT2D eigenvalue weighted by molar-refractivity contribution is 5.93. The number of rotatable bonds is 4. The van der Waals surface area contributed by atoms with Crippen LogP contribution in [-0.2, 0) is 6.54 Å². The first kappa shape index (κ1) is 15.5. The van der Waals surface area contributed by atoms with Gasteiger partial charge in [-0.1, -0.05) is 37.3 Å². The summed E-state index contributed by atoms with van der Waals surface area (Å²) in [4.78, 5) is 22.8. The van der Waals surface area contributed by atoms with Crippen molar-refractivity contribution in [1.29, 1.82) is 0 Å². The van der Waals surface area contributed by atoms with Gasteiger partial charge in [0.1, 0.15) is 0 Å². The van der Waals surface area contributed by atoms with Crippen molar-refractivity contribution < 1.29 is 4.79 Å². The molecule has 1 fully saturated rings. The van der Waals surface area contributed by atoms with Crippen LogP contribution in [0, 0.1) is 5.92 Å². The number of hydrogen-bond acceptors (Lipinski definition) is 4. The van der Waals surface area contributed by atoms with E-state index in [2.05, 4.69) is 22.2 Å². The van der Waals surface area contributed by atoms with Crippen LogP contribution in [0.3, 0.4) is 0 Å². The Hall–Kier alpha value is -2.43. The van der Waals surface area contributed by atoms with E-state index < -0.39 is 0 Å². The molecule has 3 rings (SSSR count). The van der Waals surface area contributed by atoms with Gasteiger partial charge < -0.3 is 10.2 Å². The zero-order valence-corrected chi connectivity index (χ0v) is 13.4. The van der Waals surface area contributed by atoms with Crippen molar-refractivity contribution in [2.24, 2.45) is 5.92 Å². The third kappa shape index (κ3) is 4.06. The molecular formula is C18H22N4O. The summed E-state index contributed by atoms with van der Waals surface area (Å²) in [7, 11) is 0. The van der Waals surface area contributed by atoms with E-state index in [1.54, 1.807) is 12.4 Å². The number of carbonyl (C=O) groups excluding carboxylic acids is 1. The van der Waals surface area contributed by atoms with E-state index in [-0.39, 0.29) is 5.91 Å². The highest BCUT2D eigenvalue weighted by atomic mass is 16.2. The van der Waals surface area contributed by atoms with Gasteiger partial charge in [-0.25, -0.2) is 9.97 Å². The van der Waals surface area contributed by atoms with Crippen molar-refractivity contribution >= 4 is 11.9 Å². The van der Waals surface area contributed by atoms with Crippen LogP contribution in [0.1, 0.15) is 35.7 Å². The van der Waals surface area contributed by atoms with E-state index in [0.717, 1.165) is 25.9 Å². The lowest BCUT2D eigenvalue weighted by molar-refractivity contribution is 0.0696. The molecule has 0 saturated carbocycles. The number of piperidine rings is 1. The first-order valence-electron chi connectivity index (χ1n) is 8.11. The summed E-state index contributed by atoms with van der Waals surface area (Å²) >= 11 is 0. The molecule has 5 nitrogen and oxygen atoms in total. The number of nitrogens with zero attached hydrogens (tertiary/aromatic N) is 3. The van der Waals surface area contributed by atoms with Crippen LogP contribution >= 0.6 is 0 Å². The Morgan fingerprint density at radius 1 is 1.17 bits per heavy atom. The molecule has 1 N–H and O–H groups in total. The summed E-state index contributed by atoms with van der Waals surface area (Å²) in [5.41, 5.74) is 1.73. The molecule has 120 valence electrons. The molecule has 5 heteroatoms. The average Bonchev–Trinajstić information content (AvgIpc) is 2.61. The molecule has 1 aromatic heterocycles.